The van der Waals surface area contributed by atoms with Crippen LogP contribution in [0.1, 0.15) is 44.6 Å². The van der Waals surface area contributed by atoms with E-state index in [2.05, 4.69) is 21.5 Å². The lowest BCUT2D eigenvalue weighted by molar-refractivity contribution is -0.132. The van der Waals surface area contributed by atoms with Gasteiger partial charge in [-0.1, -0.05) is 19.1 Å². The summed E-state index contributed by atoms with van der Waals surface area (Å²) in [4.78, 5) is 21.9. The first-order valence-electron chi connectivity index (χ1n) is 11.1. The number of nitrogens with one attached hydrogen (secondary N) is 1. The topological polar surface area (TPSA) is 82.1 Å². The minimum Gasteiger partial charge on any atom is -0.342 e. The normalized spacial score (nSPS) is 25.8. The molecule has 1 unspecified atom stereocenters. The van der Waals surface area contributed by atoms with Crippen LogP contribution in [0.25, 0.3) is 0 Å². The zero-order chi connectivity index (χ0) is 21.1. The maximum Gasteiger partial charge on any atom is 0.263 e. The molecule has 3 aliphatic heterocycles. The SMILES string of the molecule is CC1CCN(CC2CCCN(C(=O)CCN=C3NS(=O)(=O)c4ccccc43)C2)CC1. The first kappa shape index (κ1) is 21.3. The van der Waals surface area contributed by atoms with Gasteiger partial charge in [-0.15, -0.1) is 0 Å². The van der Waals surface area contributed by atoms with Crippen LogP contribution < -0.4 is 4.72 Å². The van der Waals surface area contributed by atoms with Gasteiger partial charge < -0.3 is 9.80 Å². The van der Waals surface area contributed by atoms with Crippen LogP contribution in [0.15, 0.2) is 34.2 Å². The van der Waals surface area contributed by atoms with Crippen LogP contribution in [-0.4, -0.2) is 69.2 Å². The van der Waals surface area contributed by atoms with Gasteiger partial charge in [0.25, 0.3) is 10.0 Å². The Morgan fingerprint density at radius 2 is 1.93 bits per heavy atom. The van der Waals surface area contributed by atoms with Gasteiger partial charge in [0.2, 0.25) is 5.91 Å². The van der Waals surface area contributed by atoms with E-state index in [-0.39, 0.29) is 17.3 Å². The second kappa shape index (κ2) is 9.06. The van der Waals surface area contributed by atoms with Crippen molar-refractivity contribution < 1.29 is 13.2 Å². The molecule has 0 aliphatic carbocycles. The molecular formula is C22H32N4O3S. The van der Waals surface area contributed by atoms with Gasteiger partial charge in [0.1, 0.15) is 5.84 Å². The highest BCUT2D eigenvalue weighted by Crippen LogP contribution is 2.23. The number of hydrogen-bond donors (Lipinski definition) is 1. The molecule has 164 valence electrons. The molecule has 0 aromatic heterocycles. The number of piperidine rings is 2. The average molecular weight is 433 g/mol. The molecule has 1 N–H and O–H groups in total. The highest BCUT2D eigenvalue weighted by molar-refractivity contribution is 7.90. The summed E-state index contributed by atoms with van der Waals surface area (Å²) in [6.45, 7) is 7.72. The highest BCUT2D eigenvalue weighted by Gasteiger charge is 2.30. The largest absolute Gasteiger partial charge is 0.342 e. The number of hydrogen-bond acceptors (Lipinski definition) is 5. The van der Waals surface area contributed by atoms with E-state index in [1.807, 2.05) is 4.90 Å². The molecule has 8 heteroatoms. The molecular weight excluding hydrogens is 400 g/mol. The van der Waals surface area contributed by atoms with Gasteiger partial charge >= 0.3 is 0 Å². The molecule has 1 aromatic rings. The van der Waals surface area contributed by atoms with E-state index < -0.39 is 10.0 Å². The van der Waals surface area contributed by atoms with E-state index in [1.54, 1.807) is 24.3 Å². The quantitative estimate of drug-likeness (QED) is 0.772. The Balaban J connectivity index is 1.29. The fraction of sp³-hybridized carbons (Fsp3) is 0.636. The van der Waals surface area contributed by atoms with Gasteiger partial charge in [-0.2, -0.15) is 0 Å². The Kier molecular flexibility index (Phi) is 6.43. The van der Waals surface area contributed by atoms with Crippen molar-refractivity contribution in [3.8, 4) is 0 Å². The molecule has 0 saturated carbocycles. The summed E-state index contributed by atoms with van der Waals surface area (Å²) < 4.78 is 26.8. The predicted octanol–water partition coefficient (Wildman–Crippen LogP) is 2.09. The molecule has 2 fully saturated rings. The monoisotopic (exact) mass is 432 g/mol. The number of sulfonamides is 1. The number of carbonyl (C=O) groups is 1. The first-order chi connectivity index (χ1) is 14.4. The lowest BCUT2D eigenvalue weighted by atomic mass is 9.94. The third-order valence-electron chi connectivity index (χ3n) is 6.52. The second-order valence-corrected chi connectivity index (χ2v) is 10.6. The van der Waals surface area contributed by atoms with Crippen molar-refractivity contribution in [1.82, 2.24) is 14.5 Å². The van der Waals surface area contributed by atoms with Gasteiger partial charge in [-0.25, -0.2) is 8.42 Å². The smallest absolute Gasteiger partial charge is 0.263 e. The lowest BCUT2D eigenvalue weighted by Gasteiger charge is -2.37. The second-order valence-electron chi connectivity index (χ2n) is 8.91. The Morgan fingerprint density at radius 3 is 2.73 bits per heavy atom. The van der Waals surface area contributed by atoms with Crippen LogP contribution in [0.2, 0.25) is 0 Å². The molecule has 1 amide bonds. The summed E-state index contributed by atoms with van der Waals surface area (Å²) in [7, 11) is -3.53. The van der Waals surface area contributed by atoms with Gasteiger partial charge in [-0.3, -0.25) is 14.5 Å². The number of rotatable bonds is 5. The van der Waals surface area contributed by atoms with Crippen molar-refractivity contribution in [3.63, 3.8) is 0 Å². The van der Waals surface area contributed by atoms with E-state index in [9.17, 15) is 13.2 Å². The number of amides is 1. The van der Waals surface area contributed by atoms with Crippen molar-refractivity contribution in [2.45, 2.75) is 43.9 Å². The zero-order valence-corrected chi connectivity index (χ0v) is 18.5. The molecule has 7 nitrogen and oxygen atoms in total. The molecule has 3 aliphatic rings. The molecule has 30 heavy (non-hydrogen) atoms. The van der Waals surface area contributed by atoms with Crippen molar-refractivity contribution in [3.05, 3.63) is 29.8 Å². The Hall–Kier alpha value is -1.93. The standard InChI is InChI=1S/C22H32N4O3S/c1-17-9-13-25(14-10-17)15-18-5-4-12-26(16-18)21(27)8-11-23-22-19-6-2-3-7-20(19)30(28,29)24-22/h2-3,6-7,17-18H,4-5,8-16H2,1H3,(H,23,24). The van der Waals surface area contributed by atoms with Crippen molar-refractivity contribution in [1.29, 1.82) is 0 Å². The van der Waals surface area contributed by atoms with Crippen LogP contribution in [0.3, 0.4) is 0 Å². The van der Waals surface area contributed by atoms with Crippen molar-refractivity contribution in [2.24, 2.45) is 16.8 Å². The number of likely N-dealkylation sites (tertiary alicyclic amines) is 2. The molecule has 1 aromatic carbocycles. The van der Waals surface area contributed by atoms with Crippen LogP contribution in [-0.2, 0) is 14.8 Å². The minimum absolute atomic E-state index is 0.116. The zero-order valence-electron chi connectivity index (χ0n) is 17.7. The van der Waals surface area contributed by atoms with Crippen molar-refractivity contribution >= 4 is 21.8 Å². The minimum atomic E-state index is -3.53. The molecule has 4 rings (SSSR count). The number of fused-ring (bicyclic) bond motifs is 1. The lowest BCUT2D eigenvalue weighted by Crippen LogP contribution is -2.45. The Morgan fingerprint density at radius 1 is 1.17 bits per heavy atom. The maximum absolute atomic E-state index is 12.7. The van der Waals surface area contributed by atoms with Crippen molar-refractivity contribution in [2.75, 3.05) is 39.3 Å². The van der Waals surface area contributed by atoms with Gasteiger partial charge in [0.05, 0.1) is 11.4 Å². The van der Waals surface area contributed by atoms with Gasteiger partial charge in [0, 0.05) is 31.6 Å². The third-order valence-corrected chi connectivity index (χ3v) is 7.92. The molecule has 0 spiro atoms. The highest BCUT2D eigenvalue weighted by atomic mass is 32.2. The molecule has 0 radical (unpaired) electrons. The van der Waals surface area contributed by atoms with Gasteiger partial charge in [0.15, 0.2) is 0 Å². The summed E-state index contributed by atoms with van der Waals surface area (Å²) in [6.07, 6.45) is 5.12. The summed E-state index contributed by atoms with van der Waals surface area (Å²) in [6, 6.07) is 6.80. The van der Waals surface area contributed by atoms with E-state index in [0.717, 1.165) is 32.0 Å². The van der Waals surface area contributed by atoms with E-state index in [1.165, 1.54) is 32.4 Å². The number of carbonyl (C=O) groups excluding carboxylic acids is 1. The van der Waals surface area contributed by atoms with Crippen LogP contribution in [0, 0.1) is 11.8 Å². The van der Waals surface area contributed by atoms with Crippen LogP contribution in [0.4, 0.5) is 0 Å². The maximum atomic E-state index is 12.7. The Labute approximate surface area is 179 Å². The van der Waals surface area contributed by atoms with Crippen LogP contribution in [0.5, 0.6) is 0 Å². The molecule has 2 saturated heterocycles. The third kappa shape index (κ3) is 4.86. The summed E-state index contributed by atoms with van der Waals surface area (Å²) in [5.74, 6) is 1.85. The first-order valence-corrected chi connectivity index (χ1v) is 12.6. The number of aliphatic imine (C=N–C) groups is 1. The fourth-order valence-corrected chi connectivity index (χ4v) is 5.97. The van der Waals surface area contributed by atoms with Gasteiger partial charge in [-0.05, 0) is 62.7 Å². The number of nitrogens with zero attached hydrogens (tertiary/aromatic N) is 3. The summed E-state index contributed by atoms with van der Waals surface area (Å²) in [5, 5.41) is 0. The van der Waals surface area contributed by atoms with E-state index >= 15 is 0 Å². The van der Waals surface area contributed by atoms with E-state index in [0.29, 0.717) is 23.7 Å². The Bertz CT molecular complexity index is 907. The van der Waals surface area contributed by atoms with E-state index in [4.69, 9.17) is 0 Å². The van der Waals surface area contributed by atoms with Crippen LogP contribution >= 0.6 is 0 Å². The molecule has 3 heterocycles. The number of amidine groups is 1. The fourth-order valence-electron chi connectivity index (χ4n) is 4.72. The summed E-state index contributed by atoms with van der Waals surface area (Å²) in [5.41, 5.74) is 0.582. The average Bonchev–Trinajstić information content (AvgIpc) is 3.00. The summed E-state index contributed by atoms with van der Waals surface area (Å²) >= 11 is 0. The molecule has 0 bridgehead atoms. The number of benzene rings is 1. The predicted molar refractivity (Wildman–Crippen MR) is 117 cm³/mol. The molecule has 1 atom stereocenters.